The zero-order valence-corrected chi connectivity index (χ0v) is 18.1. The van der Waals surface area contributed by atoms with E-state index in [4.69, 9.17) is 14.2 Å². The van der Waals surface area contributed by atoms with E-state index in [1.54, 1.807) is 12.1 Å². The third kappa shape index (κ3) is 8.31. The van der Waals surface area contributed by atoms with Crippen LogP contribution in [0.4, 0.5) is 9.59 Å². The first kappa shape index (κ1) is 23.8. The van der Waals surface area contributed by atoms with Crippen molar-refractivity contribution in [3.63, 3.8) is 0 Å². The van der Waals surface area contributed by atoms with E-state index in [1.165, 1.54) is 0 Å². The molecule has 0 spiro atoms. The molecule has 7 heteroatoms. The van der Waals surface area contributed by atoms with Gasteiger partial charge in [-0.15, -0.1) is 0 Å². The van der Waals surface area contributed by atoms with Crippen LogP contribution in [0.15, 0.2) is 91.0 Å². The van der Waals surface area contributed by atoms with Crippen LogP contribution in [0.1, 0.15) is 29.2 Å². The molecule has 2 N–H and O–H groups in total. The van der Waals surface area contributed by atoms with Gasteiger partial charge in [0.2, 0.25) is 0 Å². The minimum absolute atomic E-state index is 0.0706. The monoisotopic (exact) mass is 449 g/mol. The smallest absolute Gasteiger partial charge is 0.445 e. The Hall–Kier alpha value is -3.84. The SMILES string of the molecule is O=C(NC(c1ccccc1)C(O)CCOC(=O)OCc1ccccc1)OCc1ccccc1. The predicted octanol–water partition coefficient (Wildman–Crippen LogP) is 4.76. The van der Waals surface area contributed by atoms with Crippen molar-refractivity contribution in [3.8, 4) is 0 Å². The molecule has 1 amide bonds. The molecule has 0 aliphatic heterocycles. The fourth-order valence-corrected chi connectivity index (χ4v) is 3.14. The molecule has 0 bridgehead atoms. The second-order valence-electron chi connectivity index (χ2n) is 7.32. The quantitative estimate of drug-likeness (QED) is 0.434. The zero-order chi connectivity index (χ0) is 23.3. The number of carbonyl (C=O) groups is 2. The number of carbonyl (C=O) groups excluding carboxylic acids is 2. The van der Waals surface area contributed by atoms with E-state index in [9.17, 15) is 14.7 Å². The summed E-state index contributed by atoms with van der Waals surface area (Å²) in [5, 5.41) is 13.4. The summed E-state index contributed by atoms with van der Waals surface area (Å²) in [6, 6.07) is 26.9. The number of benzene rings is 3. The highest BCUT2D eigenvalue weighted by Crippen LogP contribution is 2.20. The largest absolute Gasteiger partial charge is 0.508 e. The summed E-state index contributed by atoms with van der Waals surface area (Å²) < 4.78 is 15.4. The average Bonchev–Trinajstić information content (AvgIpc) is 2.86. The molecular formula is C26H27NO6. The second-order valence-corrected chi connectivity index (χ2v) is 7.32. The summed E-state index contributed by atoms with van der Waals surface area (Å²) >= 11 is 0. The van der Waals surface area contributed by atoms with Crippen LogP contribution in [0.5, 0.6) is 0 Å². The first-order valence-electron chi connectivity index (χ1n) is 10.7. The van der Waals surface area contributed by atoms with Crippen molar-refractivity contribution in [1.82, 2.24) is 5.32 Å². The average molecular weight is 450 g/mol. The number of nitrogens with one attached hydrogen (secondary N) is 1. The van der Waals surface area contributed by atoms with Crippen molar-refractivity contribution < 1.29 is 28.9 Å². The maximum Gasteiger partial charge on any atom is 0.508 e. The van der Waals surface area contributed by atoms with Gasteiger partial charge in [0, 0.05) is 6.42 Å². The van der Waals surface area contributed by atoms with Gasteiger partial charge in [-0.1, -0.05) is 91.0 Å². The number of hydrogen-bond donors (Lipinski definition) is 2. The summed E-state index contributed by atoms with van der Waals surface area (Å²) in [5.41, 5.74) is 2.40. The Morgan fingerprint density at radius 3 is 1.82 bits per heavy atom. The Labute approximate surface area is 192 Å². The highest BCUT2D eigenvalue weighted by atomic mass is 16.7. The number of hydrogen-bond acceptors (Lipinski definition) is 6. The van der Waals surface area contributed by atoms with Gasteiger partial charge < -0.3 is 24.6 Å². The molecule has 0 saturated heterocycles. The number of ether oxygens (including phenoxy) is 3. The molecule has 0 saturated carbocycles. The van der Waals surface area contributed by atoms with Crippen LogP contribution in [0.25, 0.3) is 0 Å². The van der Waals surface area contributed by atoms with Gasteiger partial charge in [-0.25, -0.2) is 9.59 Å². The van der Waals surface area contributed by atoms with Crippen LogP contribution in [0.2, 0.25) is 0 Å². The Morgan fingerprint density at radius 2 is 1.24 bits per heavy atom. The fraction of sp³-hybridized carbons (Fsp3) is 0.231. The second kappa shape index (κ2) is 12.9. The highest BCUT2D eigenvalue weighted by Gasteiger charge is 2.24. The Morgan fingerprint density at radius 1 is 0.727 bits per heavy atom. The number of rotatable bonds is 10. The zero-order valence-electron chi connectivity index (χ0n) is 18.1. The lowest BCUT2D eigenvalue weighted by Crippen LogP contribution is -2.37. The van der Waals surface area contributed by atoms with Crippen molar-refractivity contribution in [2.75, 3.05) is 6.61 Å². The molecule has 3 aromatic carbocycles. The van der Waals surface area contributed by atoms with Crippen molar-refractivity contribution in [1.29, 1.82) is 0 Å². The molecule has 172 valence electrons. The van der Waals surface area contributed by atoms with Gasteiger partial charge in [0.25, 0.3) is 0 Å². The Bertz CT molecular complexity index is 981. The molecule has 33 heavy (non-hydrogen) atoms. The van der Waals surface area contributed by atoms with Crippen LogP contribution < -0.4 is 5.32 Å². The standard InChI is InChI=1S/C26H27NO6/c28-23(16-17-31-26(30)33-19-21-12-6-2-7-13-21)24(22-14-8-3-9-15-22)27-25(29)32-18-20-10-4-1-5-11-20/h1-15,23-24,28H,16-19H2,(H,27,29). The van der Waals surface area contributed by atoms with Crippen molar-refractivity contribution in [3.05, 3.63) is 108 Å². The maximum absolute atomic E-state index is 12.4. The predicted molar refractivity (Wildman–Crippen MR) is 122 cm³/mol. The van der Waals surface area contributed by atoms with Gasteiger partial charge in [-0.2, -0.15) is 0 Å². The normalized spacial score (nSPS) is 12.3. The first-order valence-corrected chi connectivity index (χ1v) is 10.7. The van der Waals surface area contributed by atoms with E-state index in [0.717, 1.165) is 11.1 Å². The maximum atomic E-state index is 12.4. The van der Waals surface area contributed by atoms with Crippen molar-refractivity contribution in [2.24, 2.45) is 0 Å². The summed E-state index contributed by atoms with van der Waals surface area (Å²) in [7, 11) is 0. The van der Waals surface area contributed by atoms with Gasteiger partial charge in [0.1, 0.15) is 13.2 Å². The molecule has 7 nitrogen and oxygen atoms in total. The van der Waals surface area contributed by atoms with E-state index in [-0.39, 0.29) is 26.2 Å². The molecule has 0 aliphatic carbocycles. The molecule has 0 aliphatic rings. The number of aliphatic hydroxyl groups is 1. The summed E-state index contributed by atoms with van der Waals surface area (Å²) in [5.74, 6) is 0. The first-order chi connectivity index (χ1) is 16.1. The van der Waals surface area contributed by atoms with E-state index in [1.807, 2.05) is 78.9 Å². The van der Waals surface area contributed by atoms with Gasteiger partial charge in [-0.3, -0.25) is 0 Å². The van der Waals surface area contributed by atoms with E-state index >= 15 is 0 Å². The van der Waals surface area contributed by atoms with Crippen LogP contribution >= 0.6 is 0 Å². The topological polar surface area (TPSA) is 94.1 Å². The Balaban J connectivity index is 1.48. The van der Waals surface area contributed by atoms with Crippen LogP contribution in [0, 0.1) is 0 Å². The van der Waals surface area contributed by atoms with Crippen LogP contribution in [-0.2, 0) is 27.4 Å². The van der Waals surface area contributed by atoms with Crippen molar-refractivity contribution >= 4 is 12.2 Å². The van der Waals surface area contributed by atoms with Gasteiger partial charge >= 0.3 is 12.2 Å². The molecule has 2 unspecified atom stereocenters. The molecule has 2 atom stereocenters. The number of amides is 1. The minimum atomic E-state index is -1.02. The highest BCUT2D eigenvalue weighted by molar-refractivity contribution is 5.68. The molecule has 3 rings (SSSR count). The van der Waals surface area contributed by atoms with Gasteiger partial charge in [0.05, 0.1) is 18.8 Å². The summed E-state index contributed by atoms with van der Waals surface area (Å²) in [6.07, 6.45) is -2.40. The van der Waals surface area contributed by atoms with Gasteiger partial charge in [0.15, 0.2) is 0 Å². The van der Waals surface area contributed by atoms with E-state index in [0.29, 0.717) is 5.56 Å². The number of alkyl carbamates (subject to hydrolysis) is 1. The van der Waals surface area contributed by atoms with Crippen molar-refractivity contribution in [2.45, 2.75) is 31.8 Å². The van der Waals surface area contributed by atoms with Crippen LogP contribution in [-0.4, -0.2) is 30.1 Å². The van der Waals surface area contributed by atoms with E-state index < -0.39 is 24.4 Å². The molecule has 0 fully saturated rings. The third-order valence-electron chi connectivity index (χ3n) is 4.86. The lowest BCUT2D eigenvalue weighted by atomic mass is 9.99. The third-order valence-corrected chi connectivity index (χ3v) is 4.86. The minimum Gasteiger partial charge on any atom is -0.445 e. The lowest BCUT2D eigenvalue weighted by Gasteiger charge is -2.24. The number of aliphatic hydroxyl groups excluding tert-OH is 1. The van der Waals surface area contributed by atoms with E-state index in [2.05, 4.69) is 5.32 Å². The summed E-state index contributed by atoms with van der Waals surface area (Å²) in [4.78, 5) is 24.2. The van der Waals surface area contributed by atoms with Gasteiger partial charge in [-0.05, 0) is 16.7 Å². The molecule has 3 aromatic rings. The molecule has 0 radical (unpaired) electrons. The van der Waals surface area contributed by atoms with Crippen LogP contribution in [0.3, 0.4) is 0 Å². The molecule has 0 aromatic heterocycles. The fourth-order valence-electron chi connectivity index (χ4n) is 3.14. The summed E-state index contributed by atoms with van der Waals surface area (Å²) in [6.45, 7) is 0.142. The molecular weight excluding hydrogens is 422 g/mol. The molecule has 0 heterocycles. The lowest BCUT2D eigenvalue weighted by molar-refractivity contribution is 0.0317. The Kier molecular flexibility index (Phi) is 9.29.